The van der Waals surface area contributed by atoms with Gasteiger partial charge in [0.1, 0.15) is 0 Å². The fourth-order valence-corrected chi connectivity index (χ4v) is 2.41. The van der Waals surface area contributed by atoms with Crippen molar-refractivity contribution in [3.8, 4) is 0 Å². The minimum Gasteiger partial charge on any atom is -0.350 e. The Labute approximate surface area is 95.9 Å². The van der Waals surface area contributed by atoms with E-state index in [0.29, 0.717) is 5.92 Å². The highest BCUT2D eigenvalue weighted by Crippen LogP contribution is 2.20. The second-order valence-corrected chi connectivity index (χ2v) is 4.39. The van der Waals surface area contributed by atoms with Crippen molar-refractivity contribution in [2.24, 2.45) is 0 Å². The summed E-state index contributed by atoms with van der Waals surface area (Å²) in [5.41, 5.74) is 2.81. The van der Waals surface area contributed by atoms with Crippen molar-refractivity contribution in [1.82, 2.24) is 9.88 Å². The Balaban J connectivity index is 1.89. The Kier molecular flexibility index (Phi) is 2.50. The van der Waals surface area contributed by atoms with E-state index in [0.717, 1.165) is 19.6 Å². The lowest BCUT2D eigenvalue weighted by molar-refractivity contribution is 0.556. The summed E-state index contributed by atoms with van der Waals surface area (Å²) in [6, 6.07) is 15.1. The Morgan fingerprint density at radius 3 is 2.81 bits per heavy atom. The predicted molar refractivity (Wildman–Crippen MR) is 65.3 cm³/mol. The molecule has 2 nitrogen and oxygen atoms in total. The van der Waals surface area contributed by atoms with Crippen LogP contribution in [0.5, 0.6) is 0 Å². The molecule has 1 unspecified atom stereocenters. The molecule has 1 N–H and O–H groups in total. The molecule has 3 rings (SSSR count). The summed E-state index contributed by atoms with van der Waals surface area (Å²) >= 11 is 0. The standard InChI is InChI=1S/C14H16N2/c1-2-5-12(6-3-1)13-9-15-10-14-7-4-8-16(14)11-13/h1-8,13,15H,9-11H2. The van der Waals surface area contributed by atoms with Crippen molar-refractivity contribution in [2.75, 3.05) is 6.54 Å². The predicted octanol–water partition coefficient (Wildman–Crippen LogP) is 2.38. The number of nitrogens with one attached hydrogen (secondary N) is 1. The summed E-state index contributed by atoms with van der Waals surface area (Å²) in [5.74, 6) is 0.579. The summed E-state index contributed by atoms with van der Waals surface area (Å²) in [5, 5.41) is 3.52. The highest BCUT2D eigenvalue weighted by Gasteiger charge is 2.16. The first-order valence-electron chi connectivity index (χ1n) is 5.83. The van der Waals surface area contributed by atoms with E-state index in [-0.39, 0.29) is 0 Å². The molecule has 0 amide bonds. The molecule has 1 aliphatic rings. The molecule has 0 saturated heterocycles. The lowest BCUT2D eigenvalue weighted by Crippen LogP contribution is -2.19. The van der Waals surface area contributed by atoms with E-state index in [4.69, 9.17) is 0 Å². The first-order chi connectivity index (χ1) is 7.93. The number of nitrogens with zero attached hydrogens (tertiary/aromatic N) is 1. The molecule has 2 heterocycles. The fourth-order valence-electron chi connectivity index (χ4n) is 2.41. The number of rotatable bonds is 1. The quantitative estimate of drug-likeness (QED) is 0.768. The highest BCUT2D eigenvalue weighted by atomic mass is 15.0. The van der Waals surface area contributed by atoms with E-state index in [1.54, 1.807) is 0 Å². The van der Waals surface area contributed by atoms with Gasteiger partial charge in [0.05, 0.1) is 0 Å². The van der Waals surface area contributed by atoms with Gasteiger partial charge in [-0.3, -0.25) is 0 Å². The van der Waals surface area contributed by atoms with Gasteiger partial charge in [-0.15, -0.1) is 0 Å². The third-order valence-corrected chi connectivity index (χ3v) is 3.31. The minimum atomic E-state index is 0.579. The van der Waals surface area contributed by atoms with E-state index in [9.17, 15) is 0 Å². The van der Waals surface area contributed by atoms with Crippen molar-refractivity contribution in [3.63, 3.8) is 0 Å². The van der Waals surface area contributed by atoms with E-state index in [1.165, 1.54) is 11.3 Å². The molecule has 16 heavy (non-hydrogen) atoms. The number of fused-ring (bicyclic) bond motifs is 1. The average Bonchev–Trinajstić information content (AvgIpc) is 2.68. The molecule has 2 aromatic rings. The zero-order chi connectivity index (χ0) is 10.8. The van der Waals surface area contributed by atoms with Crippen LogP contribution in [0.15, 0.2) is 48.7 Å². The molecule has 0 spiro atoms. The average molecular weight is 212 g/mol. The topological polar surface area (TPSA) is 17.0 Å². The highest BCUT2D eigenvalue weighted by molar-refractivity contribution is 5.21. The summed E-state index contributed by atoms with van der Waals surface area (Å²) in [6.45, 7) is 3.13. The largest absolute Gasteiger partial charge is 0.350 e. The van der Waals surface area contributed by atoms with Gasteiger partial charge in [0.2, 0.25) is 0 Å². The van der Waals surface area contributed by atoms with Crippen LogP contribution in [0.2, 0.25) is 0 Å². The maximum atomic E-state index is 3.52. The van der Waals surface area contributed by atoms with Crippen LogP contribution < -0.4 is 5.32 Å². The first-order valence-corrected chi connectivity index (χ1v) is 5.83. The van der Waals surface area contributed by atoms with E-state index < -0.39 is 0 Å². The molecule has 0 bridgehead atoms. The Morgan fingerprint density at radius 2 is 1.94 bits per heavy atom. The van der Waals surface area contributed by atoms with Crippen LogP contribution in [0.25, 0.3) is 0 Å². The number of benzene rings is 1. The van der Waals surface area contributed by atoms with Gasteiger partial charge >= 0.3 is 0 Å². The third-order valence-electron chi connectivity index (χ3n) is 3.31. The van der Waals surface area contributed by atoms with Gasteiger partial charge in [0, 0.05) is 37.4 Å². The monoisotopic (exact) mass is 212 g/mol. The summed E-state index contributed by atoms with van der Waals surface area (Å²) in [4.78, 5) is 0. The molecule has 0 saturated carbocycles. The van der Waals surface area contributed by atoms with Crippen LogP contribution in [0.3, 0.4) is 0 Å². The van der Waals surface area contributed by atoms with Crippen molar-refractivity contribution < 1.29 is 0 Å². The van der Waals surface area contributed by atoms with Gasteiger partial charge in [-0.1, -0.05) is 30.3 Å². The molecule has 0 fully saturated rings. The van der Waals surface area contributed by atoms with E-state index in [1.807, 2.05) is 0 Å². The molecule has 1 aromatic carbocycles. The molecule has 82 valence electrons. The Morgan fingerprint density at radius 1 is 1.06 bits per heavy atom. The van der Waals surface area contributed by atoms with E-state index in [2.05, 4.69) is 58.5 Å². The van der Waals surface area contributed by atoms with Gasteiger partial charge in [0.15, 0.2) is 0 Å². The molecule has 1 aliphatic heterocycles. The second kappa shape index (κ2) is 4.14. The zero-order valence-electron chi connectivity index (χ0n) is 9.26. The first kappa shape index (κ1) is 9.67. The van der Waals surface area contributed by atoms with Gasteiger partial charge in [0.25, 0.3) is 0 Å². The van der Waals surface area contributed by atoms with Crippen molar-refractivity contribution in [3.05, 3.63) is 59.9 Å². The van der Waals surface area contributed by atoms with Gasteiger partial charge in [-0.2, -0.15) is 0 Å². The molecule has 0 radical (unpaired) electrons. The summed E-state index contributed by atoms with van der Waals surface area (Å²) in [7, 11) is 0. The van der Waals surface area contributed by atoms with Gasteiger partial charge in [-0.25, -0.2) is 0 Å². The smallest absolute Gasteiger partial charge is 0.0359 e. The van der Waals surface area contributed by atoms with Gasteiger partial charge < -0.3 is 9.88 Å². The van der Waals surface area contributed by atoms with Gasteiger partial charge in [-0.05, 0) is 17.7 Å². The molecular formula is C14H16N2. The lowest BCUT2D eigenvalue weighted by Gasteiger charge is -2.15. The van der Waals surface area contributed by atoms with Crippen LogP contribution in [0, 0.1) is 0 Å². The van der Waals surface area contributed by atoms with Crippen LogP contribution in [0.4, 0.5) is 0 Å². The Bertz CT molecular complexity index is 459. The normalized spacial score (nSPS) is 20.1. The van der Waals surface area contributed by atoms with Crippen LogP contribution in [-0.2, 0) is 13.1 Å². The molecule has 1 aromatic heterocycles. The van der Waals surface area contributed by atoms with E-state index >= 15 is 0 Å². The fraction of sp³-hybridized carbons (Fsp3) is 0.286. The number of hydrogen-bond acceptors (Lipinski definition) is 1. The molecule has 0 aliphatic carbocycles. The molecule has 1 atom stereocenters. The zero-order valence-corrected chi connectivity index (χ0v) is 9.26. The maximum absolute atomic E-state index is 3.52. The van der Waals surface area contributed by atoms with Crippen LogP contribution in [-0.4, -0.2) is 11.1 Å². The van der Waals surface area contributed by atoms with Crippen molar-refractivity contribution >= 4 is 0 Å². The number of hydrogen-bond donors (Lipinski definition) is 1. The Hall–Kier alpha value is -1.54. The van der Waals surface area contributed by atoms with Crippen LogP contribution >= 0.6 is 0 Å². The van der Waals surface area contributed by atoms with Crippen molar-refractivity contribution in [2.45, 2.75) is 19.0 Å². The second-order valence-electron chi connectivity index (χ2n) is 4.39. The maximum Gasteiger partial charge on any atom is 0.0359 e. The number of aromatic nitrogens is 1. The summed E-state index contributed by atoms with van der Waals surface area (Å²) in [6.07, 6.45) is 2.18. The molecular weight excluding hydrogens is 196 g/mol. The SMILES string of the molecule is c1ccc(C2CNCc3cccn3C2)cc1. The minimum absolute atomic E-state index is 0.579. The van der Waals surface area contributed by atoms with Crippen LogP contribution in [0.1, 0.15) is 17.2 Å². The van der Waals surface area contributed by atoms with Crippen molar-refractivity contribution in [1.29, 1.82) is 0 Å². The lowest BCUT2D eigenvalue weighted by atomic mass is 9.99. The third kappa shape index (κ3) is 1.76. The summed E-state index contributed by atoms with van der Waals surface area (Å²) < 4.78 is 2.36. The molecule has 2 heteroatoms.